The van der Waals surface area contributed by atoms with Gasteiger partial charge >= 0.3 is 0 Å². The summed E-state index contributed by atoms with van der Waals surface area (Å²) in [6, 6.07) is 22.3. The minimum Gasteiger partial charge on any atom is -0.508 e. The number of imide groups is 1. The second-order valence-electron chi connectivity index (χ2n) is 11.7. The van der Waals surface area contributed by atoms with E-state index in [2.05, 4.69) is 18.3 Å². The number of aromatic hydroxyl groups is 1. The number of fused-ring (bicyclic) bond motifs is 3. The van der Waals surface area contributed by atoms with Gasteiger partial charge in [-0.1, -0.05) is 48.4 Å². The normalized spacial score (nSPS) is 23.2. The van der Waals surface area contributed by atoms with E-state index in [0.29, 0.717) is 30.3 Å². The van der Waals surface area contributed by atoms with Crippen LogP contribution in [0.3, 0.4) is 0 Å². The predicted octanol–water partition coefficient (Wildman–Crippen LogP) is 7.53. The molecule has 2 N–H and O–H groups in total. The largest absolute Gasteiger partial charge is 0.508 e. The molecule has 6 rings (SSSR count). The standard InChI is InChI=1S/C36H37ClN2O5/c1-3-22(17-23-10-15-28(40)19-31(23)37)9-16-32-33-24(20-43-2)18-29-34(30(33)21-44-32)36(42)39(35(29)41)27-13-11-26(12-14-27)38-25-7-5-4-6-8-25/h4-8,10-15,17,19,29-30,32,34,38,40H,3,9,16,18,20-21H2,1-2H3/b22-17+/t29-,30+,32-,34-/m1/s1. The Morgan fingerprint density at radius 2 is 1.80 bits per heavy atom. The van der Waals surface area contributed by atoms with Gasteiger partial charge in [-0.2, -0.15) is 0 Å². The van der Waals surface area contributed by atoms with Crippen LogP contribution in [0.5, 0.6) is 5.75 Å². The second-order valence-corrected chi connectivity index (χ2v) is 12.1. The lowest BCUT2D eigenvalue weighted by atomic mass is 9.69. The molecule has 7 nitrogen and oxygen atoms in total. The average Bonchev–Trinajstić information content (AvgIpc) is 3.55. The van der Waals surface area contributed by atoms with Crippen LogP contribution in [0.1, 0.15) is 38.2 Å². The molecule has 0 unspecified atom stereocenters. The van der Waals surface area contributed by atoms with Crippen molar-refractivity contribution in [3.05, 3.63) is 100 Å². The van der Waals surface area contributed by atoms with Crippen LogP contribution in [0, 0.1) is 17.8 Å². The van der Waals surface area contributed by atoms with Crippen LogP contribution >= 0.6 is 11.6 Å². The second kappa shape index (κ2) is 13.0. The third-order valence-electron chi connectivity index (χ3n) is 9.04. The van der Waals surface area contributed by atoms with E-state index in [0.717, 1.165) is 47.3 Å². The lowest BCUT2D eigenvalue weighted by Crippen LogP contribution is -2.35. The topological polar surface area (TPSA) is 88.1 Å². The van der Waals surface area contributed by atoms with Gasteiger partial charge in [0.25, 0.3) is 0 Å². The van der Waals surface area contributed by atoms with E-state index in [4.69, 9.17) is 21.1 Å². The van der Waals surface area contributed by atoms with Crippen molar-refractivity contribution in [1.82, 2.24) is 0 Å². The van der Waals surface area contributed by atoms with Crippen molar-refractivity contribution < 1.29 is 24.2 Å². The van der Waals surface area contributed by atoms with Crippen LogP contribution in [0.25, 0.3) is 6.08 Å². The third-order valence-corrected chi connectivity index (χ3v) is 9.37. The van der Waals surface area contributed by atoms with Gasteiger partial charge in [-0.25, -0.2) is 0 Å². The number of rotatable bonds is 10. The summed E-state index contributed by atoms with van der Waals surface area (Å²) in [5.74, 6) is -1.18. The van der Waals surface area contributed by atoms with Crippen molar-refractivity contribution in [3.8, 4) is 5.75 Å². The zero-order valence-electron chi connectivity index (χ0n) is 25.0. The zero-order valence-corrected chi connectivity index (χ0v) is 25.7. The molecule has 4 atom stereocenters. The number of ether oxygens (including phenoxy) is 2. The molecule has 1 aliphatic carbocycles. The van der Waals surface area contributed by atoms with E-state index in [9.17, 15) is 14.7 Å². The Balaban J connectivity index is 1.20. The molecule has 0 saturated carbocycles. The Hall–Kier alpha value is -3.91. The van der Waals surface area contributed by atoms with E-state index >= 15 is 0 Å². The molecular weight excluding hydrogens is 576 g/mol. The van der Waals surface area contributed by atoms with Gasteiger partial charge in [-0.3, -0.25) is 14.5 Å². The van der Waals surface area contributed by atoms with Crippen LogP contribution in [-0.4, -0.2) is 43.3 Å². The number of nitrogens with one attached hydrogen (secondary N) is 1. The average molecular weight is 613 g/mol. The number of methoxy groups -OCH3 is 1. The minimum atomic E-state index is -0.442. The number of hydrogen-bond acceptors (Lipinski definition) is 6. The van der Waals surface area contributed by atoms with Crippen LogP contribution in [0.15, 0.2) is 89.5 Å². The summed E-state index contributed by atoms with van der Waals surface area (Å²) in [6.45, 7) is 2.94. The van der Waals surface area contributed by atoms with Gasteiger partial charge in [0, 0.05) is 24.4 Å². The summed E-state index contributed by atoms with van der Waals surface area (Å²) in [6.07, 6.45) is 4.84. The van der Waals surface area contributed by atoms with Gasteiger partial charge in [0.2, 0.25) is 11.8 Å². The molecule has 3 aromatic rings. The van der Waals surface area contributed by atoms with Gasteiger partial charge in [-0.15, -0.1) is 0 Å². The van der Waals surface area contributed by atoms with E-state index in [1.54, 1.807) is 19.2 Å². The fraction of sp³-hybridized carbons (Fsp3) is 0.333. The Morgan fingerprint density at radius 1 is 1.05 bits per heavy atom. The molecule has 2 amide bonds. The van der Waals surface area contributed by atoms with Crippen LogP contribution in [0.2, 0.25) is 5.02 Å². The van der Waals surface area contributed by atoms with Gasteiger partial charge < -0.3 is 19.9 Å². The highest BCUT2D eigenvalue weighted by atomic mass is 35.5. The highest BCUT2D eigenvalue weighted by Gasteiger charge is 2.57. The van der Waals surface area contributed by atoms with Gasteiger partial charge in [0.05, 0.1) is 41.9 Å². The molecule has 2 saturated heterocycles. The summed E-state index contributed by atoms with van der Waals surface area (Å²) < 4.78 is 12.0. The van der Waals surface area contributed by atoms with E-state index < -0.39 is 11.8 Å². The number of halogens is 1. The monoisotopic (exact) mass is 612 g/mol. The molecule has 44 heavy (non-hydrogen) atoms. The van der Waals surface area contributed by atoms with Gasteiger partial charge in [0.15, 0.2) is 0 Å². The number of hydrogen-bond donors (Lipinski definition) is 2. The number of allylic oxidation sites excluding steroid dienone is 1. The maximum absolute atomic E-state index is 14.0. The van der Waals surface area contributed by atoms with E-state index in [1.165, 1.54) is 10.5 Å². The first-order chi connectivity index (χ1) is 21.4. The Kier molecular flexibility index (Phi) is 8.89. The molecule has 3 aromatic carbocycles. The smallest absolute Gasteiger partial charge is 0.238 e. The van der Waals surface area contributed by atoms with Crippen molar-refractivity contribution in [2.75, 3.05) is 30.5 Å². The lowest BCUT2D eigenvalue weighted by Gasteiger charge is -2.31. The number of carbonyl (C=O) groups is 2. The molecule has 2 fully saturated rings. The SMILES string of the molecule is CC/C(=C\c1ccc(O)cc1Cl)CC[C@H]1OC[C@H]2C1=C(COC)C[C@H]1C(=O)N(c3ccc(Nc4ccccc4)cc3)C(=O)[C@H]12. The molecule has 228 valence electrons. The Morgan fingerprint density at radius 3 is 2.50 bits per heavy atom. The highest BCUT2D eigenvalue weighted by molar-refractivity contribution is 6.32. The molecule has 8 heteroatoms. The molecule has 3 aliphatic rings. The number of carbonyl (C=O) groups excluding carboxylic acids is 2. The van der Waals surface area contributed by atoms with Gasteiger partial charge in [0.1, 0.15) is 5.75 Å². The van der Waals surface area contributed by atoms with Crippen molar-refractivity contribution in [3.63, 3.8) is 0 Å². The first-order valence-corrected chi connectivity index (χ1v) is 15.6. The number of amides is 2. The van der Waals surface area contributed by atoms with Crippen molar-refractivity contribution >= 4 is 46.6 Å². The van der Waals surface area contributed by atoms with Crippen molar-refractivity contribution in [2.24, 2.45) is 17.8 Å². The molecule has 2 heterocycles. The fourth-order valence-corrected chi connectivity index (χ4v) is 7.17. The maximum atomic E-state index is 14.0. The predicted molar refractivity (Wildman–Crippen MR) is 173 cm³/mol. The lowest BCUT2D eigenvalue weighted by molar-refractivity contribution is -0.122. The molecule has 0 radical (unpaired) electrons. The van der Waals surface area contributed by atoms with E-state index in [-0.39, 0.29) is 29.6 Å². The molecule has 2 aliphatic heterocycles. The number of anilines is 3. The number of nitrogens with zero attached hydrogens (tertiary/aromatic N) is 1. The molecular formula is C36H37ClN2O5. The summed E-state index contributed by atoms with van der Waals surface area (Å²) in [4.78, 5) is 29.1. The molecule has 0 bridgehead atoms. The zero-order chi connectivity index (χ0) is 30.8. The highest BCUT2D eigenvalue weighted by Crippen LogP contribution is 2.50. The summed E-state index contributed by atoms with van der Waals surface area (Å²) in [5.41, 5.74) is 6.73. The number of phenolic OH excluding ortho intramolecular Hbond substituents is 1. The summed E-state index contributed by atoms with van der Waals surface area (Å²) in [5, 5.41) is 13.6. The van der Waals surface area contributed by atoms with Crippen molar-refractivity contribution in [1.29, 1.82) is 0 Å². The van der Waals surface area contributed by atoms with Crippen molar-refractivity contribution in [2.45, 2.75) is 38.7 Å². The Labute approximate surface area is 263 Å². The number of phenols is 1. The summed E-state index contributed by atoms with van der Waals surface area (Å²) >= 11 is 6.36. The first-order valence-electron chi connectivity index (χ1n) is 15.2. The number of benzene rings is 3. The minimum absolute atomic E-state index is 0.138. The molecule has 0 spiro atoms. The third kappa shape index (κ3) is 5.92. The van der Waals surface area contributed by atoms with Crippen LogP contribution < -0.4 is 10.2 Å². The van der Waals surface area contributed by atoms with E-state index in [1.807, 2.05) is 60.7 Å². The first kappa shape index (κ1) is 30.1. The summed E-state index contributed by atoms with van der Waals surface area (Å²) in [7, 11) is 1.66. The van der Waals surface area contributed by atoms with Crippen LogP contribution in [-0.2, 0) is 19.1 Å². The Bertz CT molecular complexity index is 1600. The van der Waals surface area contributed by atoms with Crippen LogP contribution in [0.4, 0.5) is 17.1 Å². The molecule has 0 aromatic heterocycles. The fourth-order valence-electron chi connectivity index (χ4n) is 6.94. The maximum Gasteiger partial charge on any atom is 0.238 e. The van der Waals surface area contributed by atoms with Gasteiger partial charge in [-0.05, 0) is 97.0 Å². The quantitative estimate of drug-likeness (QED) is 0.182. The number of para-hydroxylation sites is 1.